The fraction of sp³-hybridized carbons (Fsp3) is 0.185. The van der Waals surface area contributed by atoms with Gasteiger partial charge in [0.2, 0.25) is 5.95 Å². The Bertz CT molecular complexity index is 1480. The molecule has 37 heavy (non-hydrogen) atoms. The van der Waals surface area contributed by atoms with Crippen LogP contribution in [0.15, 0.2) is 78.3 Å². The molecule has 0 saturated carbocycles. The summed E-state index contributed by atoms with van der Waals surface area (Å²) in [6, 6.07) is 15.9. The summed E-state index contributed by atoms with van der Waals surface area (Å²) in [4.78, 5) is 22.6. The number of nitrogens with one attached hydrogen (secondary N) is 2. The topological polar surface area (TPSA) is 112 Å². The number of ether oxygens (including phenoxy) is 3. The summed E-state index contributed by atoms with van der Waals surface area (Å²) in [5.41, 5.74) is 3.26. The highest BCUT2D eigenvalue weighted by Gasteiger charge is 2.35. The van der Waals surface area contributed by atoms with Gasteiger partial charge in [-0.3, -0.25) is 9.78 Å². The number of pyridine rings is 1. The van der Waals surface area contributed by atoms with E-state index in [1.165, 1.54) is 0 Å². The number of hydrogen-bond acceptors (Lipinski definition) is 8. The first-order valence-corrected chi connectivity index (χ1v) is 11.5. The zero-order chi connectivity index (χ0) is 25.9. The van der Waals surface area contributed by atoms with Crippen molar-refractivity contribution in [2.45, 2.75) is 13.0 Å². The molecule has 3 heterocycles. The molecule has 10 heteroatoms. The van der Waals surface area contributed by atoms with Crippen LogP contribution in [0.5, 0.6) is 17.2 Å². The van der Waals surface area contributed by atoms with E-state index in [1.807, 2.05) is 49.4 Å². The Labute approximate surface area is 213 Å². The number of para-hydroxylation sites is 2. The standard InChI is InChI=1S/C27H26N6O4/c1-16-23(26(34)30-19-7-5-6-8-20(19)35-2)24(18-9-10-21(36-3)22(15-18)37-4)33-27(29-16)31-25(32-33)17-11-13-28-14-12-17/h5-15,24H,1-4H3,(H,30,34)(H,29,31,32)/t24-/m0/s1. The van der Waals surface area contributed by atoms with E-state index in [4.69, 9.17) is 24.3 Å². The van der Waals surface area contributed by atoms with Gasteiger partial charge in [-0.05, 0) is 48.9 Å². The molecule has 1 aliphatic rings. The van der Waals surface area contributed by atoms with Crippen LogP contribution in [-0.4, -0.2) is 47.0 Å². The molecule has 10 nitrogen and oxygen atoms in total. The molecule has 0 fully saturated rings. The first kappa shape index (κ1) is 23.9. The summed E-state index contributed by atoms with van der Waals surface area (Å²) >= 11 is 0. The normalized spacial score (nSPS) is 14.4. The van der Waals surface area contributed by atoms with Crippen LogP contribution in [0.4, 0.5) is 11.6 Å². The summed E-state index contributed by atoms with van der Waals surface area (Å²) in [5, 5.41) is 11.0. The van der Waals surface area contributed by atoms with Crippen LogP contribution in [0.25, 0.3) is 11.4 Å². The zero-order valence-corrected chi connectivity index (χ0v) is 20.9. The van der Waals surface area contributed by atoms with Crippen molar-refractivity contribution in [2.24, 2.45) is 0 Å². The van der Waals surface area contributed by atoms with Gasteiger partial charge in [-0.25, -0.2) is 4.68 Å². The fourth-order valence-corrected chi connectivity index (χ4v) is 4.34. The van der Waals surface area contributed by atoms with Gasteiger partial charge in [-0.2, -0.15) is 4.98 Å². The lowest BCUT2D eigenvalue weighted by molar-refractivity contribution is -0.113. The quantitative estimate of drug-likeness (QED) is 0.388. The molecular formula is C27H26N6O4. The van der Waals surface area contributed by atoms with Crippen molar-refractivity contribution in [1.29, 1.82) is 0 Å². The van der Waals surface area contributed by atoms with Gasteiger partial charge in [-0.1, -0.05) is 18.2 Å². The number of hydrogen-bond donors (Lipinski definition) is 2. The molecule has 5 rings (SSSR count). The van der Waals surface area contributed by atoms with E-state index < -0.39 is 6.04 Å². The molecule has 0 saturated heterocycles. The van der Waals surface area contributed by atoms with E-state index in [2.05, 4.69) is 15.6 Å². The van der Waals surface area contributed by atoms with Crippen LogP contribution < -0.4 is 24.8 Å². The monoisotopic (exact) mass is 498 g/mol. The number of nitrogens with zero attached hydrogens (tertiary/aromatic N) is 4. The van der Waals surface area contributed by atoms with Crippen molar-refractivity contribution < 1.29 is 19.0 Å². The van der Waals surface area contributed by atoms with Gasteiger partial charge in [0, 0.05) is 23.7 Å². The second-order valence-corrected chi connectivity index (χ2v) is 8.27. The number of benzene rings is 2. The average Bonchev–Trinajstić information content (AvgIpc) is 3.36. The number of carbonyl (C=O) groups is 1. The van der Waals surface area contributed by atoms with Crippen molar-refractivity contribution in [3.63, 3.8) is 0 Å². The Hall–Kier alpha value is -4.86. The summed E-state index contributed by atoms with van der Waals surface area (Å²) < 4.78 is 18.1. The Morgan fingerprint density at radius 3 is 2.41 bits per heavy atom. The van der Waals surface area contributed by atoms with Gasteiger partial charge in [-0.15, -0.1) is 5.10 Å². The van der Waals surface area contributed by atoms with Gasteiger partial charge in [0.05, 0.1) is 32.6 Å². The van der Waals surface area contributed by atoms with E-state index in [1.54, 1.807) is 50.5 Å². The number of methoxy groups -OCH3 is 3. The van der Waals surface area contributed by atoms with Crippen LogP contribution in [0.2, 0.25) is 0 Å². The lowest BCUT2D eigenvalue weighted by atomic mass is 9.94. The highest BCUT2D eigenvalue weighted by Crippen LogP contribution is 2.40. The van der Waals surface area contributed by atoms with E-state index in [9.17, 15) is 4.79 Å². The minimum absolute atomic E-state index is 0.305. The van der Waals surface area contributed by atoms with E-state index in [0.29, 0.717) is 46.0 Å². The second kappa shape index (κ2) is 10.0. The van der Waals surface area contributed by atoms with Crippen LogP contribution >= 0.6 is 0 Å². The smallest absolute Gasteiger partial charge is 0.255 e. The summed E-state index contributed by atoms with van der Waals surface area (Å²) in [7, 11) is 4.71. The molecule has 2 aromatic carbocycles. The van der Waals surface area contributed by atoms with Gasteiger partial charge >= 0.3 is 0 Å². The number of allylic oxidation sites excluding steroid dienone is 1. The van der Waals surface area contributed by atoms with Gasteiger partial charge < -0.3 is 24.8 Å². The maximum absolute atomic E-state index is 13.8. The highest BCUT2D eigenvalue weighted by atomic mass is 16.5. The molecule has 2 aromatic heterocycles. The Morgan fingerprint density at radius 1 is 0.946 bits per heavy atom. The minimum atomic E-state index is -0.603. The number of fused-ring (bicyclic) bond motifs is 1. The van der Waals surface area contributed by atoms with E-state index in [0.717, 1.165) is 11.1 Å². The average molecular weight is 499 g/mol. The molecule has 188 valence electrons. The van der Waals surface area contributed by atoms with Crippen molar-refractivity contribution in [2.75, 3.05) is 32.0 Å². The maximum Gasteiger partial charge on any atom is 0.255 e. The summed E-state index contributed by atoms with van der Waals surface area (Å²) in [6.07, 6.45) is 3.37. The first-order chi connectivity index (χ1) is 18.0. The lowest BCUT2D eigenvalue weighted by Crippen LogP contribution is -2.31. The van der Waals surface area contributed by atoms with Crippen molar-refractivity contribution >= 4 is 17.5 Å². The minimum Gasteiger partial charge on any atom is -0.495 e. The predicted molar refractivity (Wildman–Crippen MR) is 139 cm³/mol. The van der Waals surface area contributed by atoms with Crippen molar-refractivity contribution in [1.82, 2.24) is 19.7 Å². The Morgan fingerprint density at radius 2 is 1.68 bits per heavy atom. The third-order valence-electron chi connectivity index (χ3n) is 6.11. The van der Waals surface area contributed by atoms with Gasteiger partial charge in [0.25, 0.3) is 5.91 Å². The third-order valence-corrected chi connectivity index (χ3v) is 6.11. The number of carbonyl (C=O) groups excluding carboxylic acids is 1. The van der Waals surface area contributed by atoms with Crippen LogP contribution in [0, 0.1) is 0 Å². The third kappa shape index (κ3) is 4.44. The largest absolute Gasteiger partial charge is 0.495 e. The number of rotatable bonds is 7. The van der Waals surface area contributed by atoms with Crippen LogP contribution in [0.1, 0.15) is 18.5 Å². The predicted octanol–water partition coefficient (Wildman–Crippen LogP) is 4.29. The van der Waals surface area contributed by atoms with Gasteiger partial charge in [0.1, 0.15) is 11.8 Å². The molecule has 0 bridgehead atoms. The molecule has 0 aliphatic carbocycles. The summed E-state index contributed by atoms with van der Waals surface area (Å²) in [5.74, 6) is 2.39. The van der Waals surface area contributed by atoms with E-state index in [-0.39, 0.29) is 5.91 Å². The van der Waals surface area contributed by atoms with Crippen molar-refractivity contribution in [3.8, 4) is 28.6 Å². The zero-order valence-electron chi connectivity index (χ0n) is 20.9. The summed E-state index contributed by atoms with van der Waals surface area (Å²) in [6.45, 7) is 1.84. The molecule has 1 amide bonds. The molecular weight excluding hydrogens is 472 g/mol. The maximum atomic E-state index is 13.8. The number of amides is 1. The lowest BCUT2D eigenvalue weighted by Gasteiger charge is -2.29. The number of anilines is 2. The fourth-order valence-electron chi connectivity index (χ4n) is 4.34. The second-order valence-electron chi connectivity index (χ2n) is 8.27. The molecule has 0 radical (unpaired) electrons. The SMILES string of the molecule is COc1ccccc1NC(=O)C1=C(C)Nc2nc(-c3ccncc3)nn2[C@H]1c1ccc(OC)c(OC)c1. The molecule has 2 N–H and O–H groups in total. The Kier molecular flexibility index (Phi) is 6.46. The molecule has 0 unspecified atom stereocenters. The number of aromatic nitrogens is 4. The molecule has 4 aromatic rings. The molecule has 1 aliphatic heterocycles. The van der Waals surface area contributed by atoms with Crippen molar-refractivity contribution in [3.05, 3.63) is 83.8 Å². The van der Waals surface area contributed by atoms with Crippen LogP contribution in [0.3, 0.4) is 0 Å². The first-order valence-electron chi connectivity index (χ1n) is 11.5. The highest BCUT2D eigenvalue weighted by molar-refractivity contribution is 6.06. The van der Waals surface area contributed by atoms with E-state index >= 15 is 0 Å². The van der Waals surface area contributed by atoms with Crippen LogP contribution in [-0.2, 0) is 4.79 Å². The Balaban J connectivity index is 1.63. The van der Waals surface area contributed by atoms with Gasteiger partial charge in [0.15, 0.2) is 17.3 Å². The molecule has 1 atom stereocenters. The molecule has 0 spiro atoms.